The maximum absolute atomic E-state index is 11.9. The molecule has 0 aromatic rings. The molecule has 4 amide bonds. The molecule has 0 saturated carbocycles. The standard InChI is InChI=1S/C15H18N2O13S2.Na/c1-31(24,25)8-6-10(18)16(14(8)22)29-12(20)4-2-3-5-13(21)30-17-11(19)7-9(15(17)23)32(26,27)28;/h8-9H,2-7H2,1H3,(H,26,27,28);/q;+1/p-1. The van der Waals surface area contributed by atoms with Gasteiger partial charge in [0.25, 0.3) is 23.6 Å². The predicted octanol–water partition coefficient (Wildman–Crippen LogP) is -5.69. The Bertz CT molecular complexity index is 999. The number of hydrogen-bond acceptors (Lipinski definition) is 13. The summed E-state index contributed by atoms with van der Waals surface area (Å²) in [5, 5.41) is -3.83. The monoisotopic (exact) mass is 520 g/mol. The van der Waals surface area contributed by atoms with E-state index in [9.17, 15) is 50.2 Å². The molecule has 0 aromatic heterocycles. The minimum Gasteiger partial charge on any atom is -0.747 e. The van der Waals surface area contributed by atoms with E-state index >= 15 is 0 Å². The van der Waals surface area contributed by atoms with Crippen molar-refractivity contribution in [2.24, 2.45) is 0 Å². The van der Waals surface area contributed by atoms with Crippen LogP contribution in [0, 0.1) is 0 Å². The first-order chi connectivity index (χ1) is 14.6. The van der Waals surface area contributed by atoms with Gasteiger partial charge in [0, 0.05) is 19.1 Å². The Kier molecular flexibility index (Phi) is 9.71. The van der Waals surface area contributed by atoms with Gasteiger partial charge in [0.05, 0.1) is 12.8 Å². The SMILES string of the molecule is CS(=O)(=O)C1CC(=O)N(OC(=O)CCCCC(=O)ON2C(=O)CC(S(=O)(=O)[O-])C2=O)C1=O.[Na+]. The third-order valence-electron chi connectivity index (χ3n) is 4.39. The van der Waals surface area contributed by atoms with Crippen LogP contribution in [0.5, 0.6) is 0 Å². The fourth-order valence-electron chi connectivity index (χ4n) is 2.75. The molecular weight excluding hydrogens is 503 g/mol. The summed E-state index contributed by atoms with van der Waals surface area (Å²) < 4.78 is 55.6. The van der Waals surface area contributed by atoms with Gasteiger partial charge in [-0.15, -0.1) is 10.1 Å². The molecule has 2 aliphatic heterocycles. The van der Waals surface area contributed by atoms with Gasteiger partial charge in [0.2, 0.25) is 0 Å². The molecule has 0 aromatic carbocycles. The van der Waals surface area contributed by atoms with Gasteiger partial charge in [-0.25, -0.2) is 26.4 Å². The Morgan fingerprint density at radius 3 is 1.52 bits per heavy atom. The largest absolute Gasteiger partial charge is 1.00 e. The average Bonchev–Trinajstić information content (AvgIpc) is 3.10. The quantitative estimate of drug-likeness (QED) is 0.120. The molecule has 2 saturated heterocycles. The van der Waals surface area contributed by atoms with E-state index in [-0.39, 0.29) is 58.9 Å². The summed E-state index contributed by atoms with van der Waals surface area (Å²) >= 11 is 0. The molecule has 18 heteroatoms. The van der Waals surface area contributed by atoms with Crippen molar-refractivity contribution in [3.05, 3.63) is 0 Å². The molecule has 0 bridgehead atoms. The van der Waals surface area contributed by atoms with E-state index in [4.69, 9.17) is 0 Å². The first-order valence-electron chi connectivity index (χ1n) is 8.91. The number of amides is 4. The molecule has 178 valence electrons. The molecule has 0 N–H and O–H groups in total. The number of hydroxylamine groups is 4. The zero-order valence-electron chi connectivity index (χ0n) is 17.4. The average molecular weight is 520 g/mol. The van der Waals surface area contributed by atoms with Crippen molar-refractivity contribution >= 4 is 55.5 Å². The Balaban J connectivity index is 0.00000544. The molecule has 0 aliphatic carbocycles. The Labute approximate surface area is 209 Å². The van der Waals surface area contributed by atoms with Crippen molar-refractivity contribution in [3.8, 4) is 0 Å². The minimum atomic E-state index is -5.10. The van der Waals surface area contributed by atoms with E-state index in [1.165, 1.54) is 0 Å². The summed E-state index contributed by atoms with van der Waals surface area (Å²) in [6, 6.07) is 0. The molecule has 0 spiro atoms. The van der Waals surface area contributed by atoms with Crippen molar-refractivity contribution in [1.82, 2.24) is 10.1 Å². The fraction of sp³-hybridized carbons (Fsp3) is 0.600. The molecule has 0 radical (unpaired) electrons. The van der Waals surface area contributed by atoms with Gasteiger partial charge < -0.3 is 14.2 Å². The van der Waals surface area contributed by atoms with Gasteiger partial charge in [-0.1, -0.05) is 0 Å². The number of hydrogen-bond donors (Lipinski definition) is 0. The molecule has 2 atom stereocenters. The zero-order chi connectivity index (χ0) is 24.4. The topological polar surface area (TPSA) is 219 Å². The van der Waals surface area contributed by atoms with Crippen LogP contribution in [0.15, 0.2) is 0 Å². The van der Waals surface area contributed by atoms with Crippen LogP contribution in [-0.4, -0.2) is 83.8 Å². The van der Waals surface area contributed by atoms with Gasteiger partial charge in [-0.3, -0.25) is 19.2 Å². The van der Waals surface area contributed by atoms with Crippen LogP contribution >= 0.6 is 0 Å². The van der Waals surface area contributed by atoms with Crippen molar-refractivity contribution in [2.45, 2.75) is 49.0 Å². The Morgan fingerprint density at radius 1 is 0.848 bits per heavy atom. The summed E-state index contributed by atoms with van der Waals surface area (Å²) in [6.45, 7) is 0. The minimum absolute atomic E-state index is 0. The summed E-state index contributed by atoms with van der Waals surface area (Å²) in [4.78, 5) is 79.4. The maximum atomic E-state index is 11.9. The molecule has 2 heterocycles. The first kappa shape index (κ1) is 29.1. The van der Waals surface area contributed by atoms with Gasteiger partial charge in [0.1, 0.15) is 15.4 Å². The smallest absolute Gasteiger partial charge is 0.747 e. The van der Waals surface area contributed by atoms with E-state index < -0.39 is 85.3 Å². The van der Waals surface area contributed by atoms with Crippen molar-refractivity contribution in [1.29, 1.82) is 0 Å². The van der Waals surface area contributed by atoms with Crippen LogP contribution in [0.25, 0.3) is 0 Å². The second kappa shape index (κ2) is 11.0. The van der Waals surface area contributed by atoms with Crippen LogP contribution < -0.4 is 29.6 Å². The normalized spacial score (nSPS) is 21.3. The second-order valence-electron chi connectivity index (χ2n) is 6.89. The number of sulfone groups is 1. The molecular formula is C15H17N2NaO13S2. The summed E-state index contributed by atoms with van der Waals surface area (Å²) in [6.07, 6.45) is -1.71. The van der Waals surface area contributed by atoms with Gasteiger partial charge in [0.15, 0.2) is 15.1 Å². The zero-order valence-corrected chi connectivity index (χ0v) is 21.0. The van der Waals surface area contributed by atoms with E-state index in [1.807, 2.05) is 0 Å². The van der Waals surface area contributed by atoms with Crippen LogP contribution in [0.1, 0.15) is 38.5 Å². The Hall–Kier alpha value is -1.92. The summed E-state index contributed by atoms with van der Waals surface area (Å²) in [5.41, 5.74) is 0. The van der Waals surface area contributed by atoms with E-state index in [1.54, 1.807) is 0 Å². The van der Waals surface area contributed by atoms with Crippen molar-refractivity contribution in [3.63, 3.8) is 0 Å². The first-order valence-corrected chi connectivity index (χ1v) is 12.3. The molecule has 2 fully saturated rings. The van der Waals surface area contributed by atoms with Crippen LogP contribution in [-0.2, 0) is 58.4 Å². The van der Waals surface area contributed by atoms with Gasteiger partial charge >= 0.3 is 41.5 Å². The number of nitrogens with zero attached hydrogens (tertiary/aromatic N) is 2. The van der Waals surface area contributed by atoms with Crippen molar-refractivity contribution in [2.75, 3.05) is 6.26 Å². The summed E-state index contributed by atoms with van der Waals surface area (Å²) in [7, 11) is -8.97. The number of rotatable bonds is 9. The van der Waals surface area contributed by atoms with Crippen LogP contribution in [0.2, 0.25) is 0 Å². The molecule has 33 heavy (non-hydrogen) atoms. The van der Waals surface area contributed by atoms with E-state index in [0.29, 0.717) is 0 Å². The van der Waals surface area contributed by atoms with Crippen LogP contribution in [0.3, 0.4) is 0 Å². The predicted molar refractivity (Wildman–Crippen MR) is 95.7 cm³/mol. The molecule has 2 rings (SSSR count). The van der Waals surface area contributed by atoms with E-state index in [0.717, 1.165) is 6.26 Å². The number of unbranched alkanes of at least 4 members (excludes halogenated alkanes) is 1. The third kappa shape index (κ3) is 7.28. The van der Waals surface area contributed by atoms with E-state index in [2.05, 4.69) is 9.68 Å². The molecule has 2 aliphatic rings. The number of carbonyl (C=O) groups is 6. The molecule has 15 nitrogen and oxygen atoms in total. The summed E-state index contributed by atoms with van der Waals surface area (Å²) in [5.74, 6) is -7.01. The van der Waals surface area contributed by atoms with Crippen molar-refractivity contribution < 1.29 is 89.4 Å². The fourth-order valence-corrected chi connectivity index (χ4v) is 4.35. The number of imide groups is 2. The maximum Gasteiger partial charge on any atom is 1.00 e. The van der Waals surface area contributed by atoms with Crippen LogP contribution in [0.4, 0.5) is 0 Å². The van der Waals surface area contributed by atoms with Gasteiger partial charge in [-0.2, -0.15) is 0 Å². The van der Waals surface area contributed by atoms with Gasteiger partial charge in [-0.05, 0) is 12.8 Å². The third-order valence-corrected chi connectivity index (χ3v) is 6.85. The number of carbonyl (C=O) groups excluding carboxylic acids is 6. The second-order valence-corrected chi connectivity index (χ2v) is 10.7. The Morgan fingerprint density at radius 2 is 1.21 bits per heavy atom. The molecule has 2 unspecified atom stereocenters.